The lowest BCUT2D eigenvalue weighted by atomic mass is 10.1. The molecule has 1 rings (SSSR count). The van der Waals surface area contributed by atoms with Crippen LogP contribution in [0, 0.1) is 0 Å². The summed E-state index contributed by atoms with van der Waals surface area (Å²) in [5.41, 5.74) is 0.692. The molecule has 0 aliphatic carbocycles. The Morgan fingerprint density at radius 2 is 1.48 bits per heavy atom. The molecule has 0 aliphatic rings. The van der Waals surface area contributed by atoms with Gasteiger partial charge in [-0.3, -0.25) is 0 Å². The van der Waals surface area contributed by atoms with E-state index in [1.165, 1.54) is 0 Å². The van der Waals surface area contributed by atoms with Crippen molar-refractivity contribution in [3.8, 4) is 0 Å². The molecule has 0 spiro atoms. The number of rotatable bonds is 5. The minimum atomic E-state index is -5.47. The molecule has 21 heavy (non-hydrogen) atoms. The third-order valence-corrected chi connectivity index (χ3v) is 4.03. The van der Waals surface area contributed by atoms with Gasteiger partial charge in [-0.25, -0.2) is 0 Å². The molecule has 0 amide bonds. The Morgan fingerprint density at radius 1 is 0.952 bits per heavy atom. The molecule has 0 atom stereocenters. The van der Waals surface area contributed by atoms with E-state index in [2.05, 4.69) is 0 Å². The highest BCUT2D eigenvalue weighted by atomic mass is 127. The lowest BCUT2D eigenvalue weighted by Crippen LogP contribution is -2.49. The van der Waals surface area contributed by atoms with Gasteiger partial charge in [0.25, 0.3) is 0 Å². The van der Waals surface area contributed by atoms with Crippen molar-refractivity contribution in [2.24, 2.45) is 0 Å². The van der Waals surface area contributed by atoms with Crippen LogP contribution >= 0.6 is 45.2 Å². The second kappa shape index (κ2) is 6.88. The lowest BCUT2D eigenvalue weighted by molar-refractivity contribution is -0.249. The highest BCUT2D eigenvalue weighted by Gasteiger charge is 2.69. The van der Waals surface area contributed by atoms with Crippen LogP contribution in [0.1, 0.15) is 5.56 Å². The molecule has 1 aromatic rings. The summed E-state index contributed by atoms with van der Waals surface area (Å²) >= 11 is 1.83. The number of benzene rings is 1. The van der Waals surface area contributed by atoms with E-state index in [9.17, 15) is 26.3 Å². The largest absolute Gasteiger partial charge is 0.384 e. The second-order valence-corrected chi connectivity index (χ2v) is 6.45. The average Bonchev–Trinajstić information content (AvgIpc) is 2.38. The van der Waals surface area contributed by atoms with Crippen molar-refractivity contribution in [1.29, 1.82) is 0 Å². The van der Waals surface area contributed by atoms with E-state index in [0.29, 0.717) is 15.2 Å². The zero-order chi connectivity index (χ0) is 16.3. The lowest BCUT2D eigenvalue weighted by Gasteiger charge is -2.27. The molecule has 8 heteroatoms. The van der Waals surface area contributed by atoms with Crippen molar-refractivity contribution >= 4 is 48.8 Å². The summed E-state index contributed by atoms with van der Waals surface area (Å²) in [6.45, 7) is 0. The molecule has 0 saturated heterocycles. The number of hydrogen-bond donors (Lipinski definition) is 0. The maximum Gasteiger partial charge on any atom is 0.384 e. The van der Waals surface area contributed by atoms with Crippen molar-refractivity contribution in [1.82, 2.24) is 0 Å². The van der Waals surface area contributed by atoms with Crippen LogP contribution in [0.15, 0.2) is 48.6 Å². The summed E-state index contributed by atoms with van der Waals surface area (Å²) in [5.74, 6) is -10.4. The number of alkyl halides is 7. The van der Waals surface area contributed by atoms with Crippen molar-refractivity contribution in [3.05, 3.63) is 54.1 Å². The van der Waals surface area contributed by atoms with Crippen molar-refractivity contribution in [2.45, 2.75) is 15.8 Å². The first kappa shape index (κ1) is 18.8. The van der Waals surface area contributed by atoms with Crippen LogP contribution in [0.5, 0.6) is 0 Å². The Bertz CT molecular complexity index is 531. The monoisotopic (exact) mass is 532 g/mol. The van der Waals surface area contributed by atoms with E-state index >= 15 is 0 Å². The predicted molar refractivity (Wildman–Crippen MR) is 86.4 cm³/mol. The molecule has 0 aliphatic heterocycles. The van der Waals surface area contributed by atoms with Gasteiger partial charge in [0.15, 0.2) is 0 Å². The van der Waals surface area contributed by atoms with Crippen LogP contribution in [-0.4, -0.2) is 15.8 Å². The fraction of sp³-hybridized carbons (Fsp3) is 0.231. The molecule has 1 aromatic carbocycles. The zero-order valence-electron chi connectivity index (χ0n) is 10.1. The van der Waals surface area contributed by atoms with E-state index in [0.717, 1.165) is 6.08 Å². The highest BCUT2D eigenvalue weighted by molar-refractivity contribution is 14.1. The normalized spacial score (nSPS) is 14.8. The summed E-state index contributed by atoms with van der Waals surface area (Å²) in [4.78, 5) is 0. The Hall–Kier alpha value is -0.260. The van der Waals surface area contributed by atoms with Crippen LogP contribution in [0.3, 0.4) is 0 Å². The molecule has 0 N–H and O–H groups in total. The van der Waals surface area contributed by atoms with Gasteiger partial charge in [0.05, 0.1) is 0 Å². The summed E-state index contributed by atoms with van der Waals surface area (Å²) < 4.78 is 73.1. The third kappa shape index (κ3) is 4.60. The van der Waals surface area contributed by atoms with Crippen LogP contribution in [-0.2, 0) is 0 Å². The van der Waals surface area contributed by atoms with Gasteiger partial charge in [-0.2, -0.15) is 26.3 Å². The molecule has 0 nitrogen and oxygen atoms in total. The van der Waals surface area contributed by atoms with Gasteiger partial charge in [-0.15, -0.1) is 0 Å². The summed E-state index contributed by atoms with van der Waals surface area (Å²) in [6.07, 6.45) is 1.57. The molecule has 0 radical (unpaired) electrons. The van der Waals surface area contributed by atoms with Gasteiger partial charge in [0.2, 0.25) is 0 Å². The Kier molecular flexibility index (Phi) is 6.16. The molecule has 0 heterocycles. The minimum Gasteiger partial charge on any atom is -0.195 e. The van der Waals surface area contributed by atoms with Gasteiger partial charge in [0, 0.05) is 26.2 Å². The van der Waals surface area contributed by atoms with Gasteiger partial charge < -0.3 is 0 Å². The first-order valence-corrected chi connectivity index (χ1v) is 7.57. The SMILES string of the molecule is FC(F)(I)C(F)(F)C(F)(F)/C=C/C=C(\I)c1ccccc1. The van der Waals surface area contributed by atoms with Gasteiger partial charge in [-0.05, 0) is 40.3 Å². The standard InChI is InChI=1S/C13H8F6I2/c14-11(15,12(16,17)13(18,19)21)8-4-7-10(20)9-5-2-1-3-6-9/h1-8H/b8-4+,10-7-. The quantitative estimate of drug-likeness (QED) is 0.181. The molecule has 0 bridgehead atoms. The topological polar surface area (TPSA) is 0 Å². The number of hydrogen-bond acceptors (Lipinski definition) is 0. The van der Waals surface area contributed by atoms with E-state index in [1.54, 1.807) is 30.3 Å². The molecule has 0 saturated carbocycles. The summed E-state index contributed by atoms with van der Waals surface area (Å²) in [7, 11) is 0. The molecular formula is C13H8F6I2. The first-order chi connectivity index (χ1) is 9.49. The smallest absolute Gasteiger partial charge is 0.195 e. The number of allylic oxidation sites excluding steroid dienone is 3. The first-order valence-electron chi connectivity index (χ1n) is 5.42. The van der Waals surface area contributed by atoms with E-state index < -0.39 is 15.8 Å². The molecule has 0 unspecified atom stereocenters. The highest BCUT2D eigenvalue weighted by Crippen LogP contribution is 2.49. The van der Waals surface area contributed by atoms with Gasteiger partial charge >= 0.3 is 15.8 Å². The van der Waals surface area contributed by atoms with Crippen LogP contribution < -0.4 is 0 Å². The Labute approximate surface area is 144 Å². The van der Waals surface area contributed by atoms with E-state index in [1.807, 2.05) is 22.6 Å². The Balaban J connectivity index is 2.94. The van der Waals surface area contributed by atoms with Crippen LogP contribution in [0.4, 0.5) is 26.3 Å². The van der Waals surface area contributed by atoms with Crippen LogP contribution in [0.2, 0.25) is 0 Å². The minimum absolute atomic E-state index is 0.00495. The van der Waals surface area contributed by atoms with Crippen LogP contribution in [0.25, 0.3) is 3.58 Å². The molecule has 0 aromatic heterocycles. The maximum absolute atomic E-state index is 13.2. The number of halogens is 8. The second-order valence-electron chi connectivity index (χ2n) is 3.93. The fourth-order valence-corrected chi connectivity index (χ4v) is 2.17. The van der Waals surface area contributed by atoms with Crippen molar-refractivity contribution in [3.63, 3.8) is 0 Å². The molecular weight excluding hydrogens is 524 g/mol. The summed E-state index contributed by atoms with van der Waals surface area (Å²) in [5, 5.41) is 0. The van der Waals surface area contributed by atoms with Crippen molar-refractivity contribution in [2.75, 3.05) is 0 Å². The molecule has 0 fully saturated rings. The predicted octanol–water partition coefficient (Wildman–Crippen LogP) is 6.32. The molecule has 116 valence electrons. The zero-order valence-corrected chi connectivity index (χ0v) is 14.5. The third-order valence-electron chi connectivity index (χ3n) is 2.37. The van der Waals surface area contributed by atoms with Crippen molar-refractivity contribution < 1.29 is 26.3 Å². The van der Waals surface area contributed by atoms with E-state index in [4.69, 9.17) is 0 Å². The summed E-state index contributed by atoms with van der Waals surface area (Å²) in [6, 6.07) is 8.56. The van der Waals surface area contributed by atoms with Gasteiger partial charge in [0.1, 0.15) is 0 Å². The fourth-order valence-electron chi connectivity index (χ4n) is 1.24. The maximum atomic E-state index is 13.2. The van der Waals surface area contributed by atoms with Gasteiger partial charge in [-0.1, -0.05) is 36.4 Å². The average molecular weight is 532 g/mol. The Morgan fingerprint density at radius 3 is 1.95 bits per heavy atom. The van der Waals surface area contributed by atoms with E-state index in [-0.39, 0.29) is 28.7 Å².